The third-order valence-corrected chi connectivity index (χ3v) is 12.3. The van der Waals surface area contributed by atoms with Crippen LogP contribution in [-0.2, 0) is 20.9 Å². The van der Waals surface area contributed by atoms with Crippen LogP contribution in [0.15, 0.2) is 58.8 Å². The van der Waals surface area contributed by atoms with Gasteiger partial charge in [-0.05, 0) is 92.5 Å². The highest BCUT2D eigenvalue weighted by molar-refractivity contribution is 7.89. The summed E-state index contributed by atoms with van der Waals surface area (Å²) in [7, 11) is -3.56. The molecule has 4 fully saturated rings. The number of benzene rings is 2. The molecule has 0 radical (unpaired) electrons. The van der Waals surface area contributed by atoms with Gasteiger partial charge in [0.25, 0.3) is 5.91 Å². The van der Waals surface area contributed by atoms with Crippen molar-refractivity contribution in [3.63, 3.8) is 0 Å². The van der Waals surface area contributed by atoms with Crippen LogP contribution in [0.3, 0.4) is 0 Å². The minimum atomic E-state index is -3.56. The molecule has 39 heavy (non-hydrogen) atoms. The molecule has 4 aliphatic carbocycles. The number of carbonyl (C=O) groups is 1. The van der Waals surface area contributed by atoms with Crippen LogP contribution >= 0.6 is 11.3 Å². The Labute approximate surface area is 235 Å². The summed E-state index contributed by atoms with van der Waals surface area (Å²) in [5, 5.41) is 5.73. The molecule has 3 aromatic rings. The molecule has 1 aromatic heterocycles. The van der Waals surface area contributed by atoms with Gasteiger partial charge in [0.2, 0.25) is 10.0 Å². The van der Waals surface area contributed by atoms with Gasteiger partial charge in [0.05, 0.1) is 10.6 Å². The van der Waals surface area contributed by atoms with Crippen molar-refractivity contribution in [3.8, 4) is 0 Å². The highest BCUT2D eigenvalue weighted by Crippen LogP contribution is 2.66. The molecular weight excluding hydrogens is 526 g/mol. The second-order valence-electron chi connectivity index (χ2n) is 12.0. The summed E-state index contributed by atoms with van der Waals surface area (Å²) in [6.07, 6.45) is 7.41. The molecule has 206 valence electrons. The molecule has 8 heteroatoms. The number of thiazole rings is 1. The van der Waals surface area contributed by atoms with Crippen LogP contribution < -0.4 is 5.32 Å². The Morgan fingerprint density at radius 3 is 2.21 bits per heavy atom. The lowest BCUT2D eigenvalue weighted by molar-refractivity contribution is -0.0296. The average Bonchev–Trinajstić information content (AvgIpc) is 3.38. The van der Waals surface area contributed by atoms with Crippen molar-refractivity contribution in [1.29, 1.82) is 0 Å². The van der Waals surface area contributed by atoms with Crippen molar-refractivity contribution < 1.29 is 13.2 Å². The maximum Gasteiger partial charge on any atom is 0.257 e. The van der Waals surface area contributed by atoms with Crippen molar-refractivity contribution in [1.82, 2.24) is 9.29 Å². The van der Waals surface area contributed by atoms with Crippen LogP contribution in [0.1, 0.15) is 79.6 Å². The molecular formula is C31H37N3O3S2. The molecule has 1 amide bonds. The second-order valence-corrected chi connectivity index (χ2v) is 14.8. The van der Waals surface area contributed by atoms with E-state index < -0.39 is 10.0 Å². The van der Waals surface area contributed by atoms with Crippen LogP contribution in [0.4, 0.5) is 5.13 Å². The van der Waals surface area contributed by atoms with Crippen molar-refractivity contribution in [2.24, 2.45) is 11.8 Å². The first-order valence-corrected chi connectivity index (χ1v) is 16.4. The fourth-order valence-electron chi connectivity index (χ4n) is 8.04. The SMILES string of the molecule is CCN(CC)S(=O)(=O)c1ccc(C(=O)Nc2nc(C34CC5CC(CC(c6ccc(C)cc6)(C5)C3)C4)cs2)cc1. The summed E-state index contributed by atoms with van der Waals surface area (Å²) >= 11 is 1.49. The van der Waals surface area contributed by atoms with E-state index in [1.165, 1.54) is 71.0 Å². The Balaban J connectivity index is 1.20. The summed E-state index contributed by atoms with van der Waals surface area (Å²) < 4.78 is 27.0. The number of aryl methyl sites for hydroxylation is 1. The topological polar surface area (TPSA) is 79.4 Å². The zero-order chi connectivity index (χ0) is 27.4. The minimum Gasteiger partial charge on any atom is -0.298 e. The maximum atomic E-state index is 13.0. The van der Waals surface area contributed by atoms with E-state index in [1.807, 2.05) is 13.8 Å². The molecule has 0 aliphatic heterocycles. The predicted octanol–water partition coefficient (Wildman–Crippen LogP) is 6.52. The van der Waals surface area contributed by atoms with E-state index in [9.17, 15) is 13.2 Å². The van der Waals surface area contributed by atoms with Gasteiger partial charge in [0.15, 0.2) is 5.13 Å². The van der Waals surface area contributed by atoms with Gasteiger partial charge in [-0.15, -0.1) is 11.3 Å². The predicted molar refractivity (Wildman–Crippen MR) is 156 cm³/mol. The van der Waals surface area contributed by atoms with Crippen molar-refractivity contribution in [2.75, 3.05) is 18.4 Å². The number of hydrogen-bond donors (Lipinski definition) is 1. The Bertz CT molecular complexity index is 1460. The minimum absolute atomic E-state index is 0.0783. The van der Waals surface area contributed by atoms with E-state index in [-0.39, 0.29) is 21.6 Å². The van der Waals surface area contributed by atoms with E-state index in [0.29, 0.717) is 23.8 Å². The van der Waals surface area contributed by atoms with Crippen LogP contribution in [0.5, 0.6) is 0 Å². The van der Waals surface area contributed by atoms with Gasteiger partial charge in [0, 0.05) is 29.4 Å². The molecule has 1 heterocycles. The molecule has 0 saturated heterocycles. The first-order chi connectivity index (χ1) is 18.7. The zero-order valence-electron chi connectivity index (χ0n) is 22.9. The van der Waals surface area contributed by atoms with Gasteiger partial charge in [-0.2, -0.15) is 4.31 Å². The van der Waals surface area contributed by atoms with Crippen LogP contribution in [-0.4, -0.2) is 36.7 Å². The molecule has 1 N–H and O–H groups in total. The van der Waals surface area contributed by atoms with Crippen LogP contribution in [0.25, 0.3) is 0 Å². The lowest BCUT2D eigenvalue weighted by Gasteiger charge is -2.62. The van der Waals surface area contributed by atoms with E-state index in [4.69, 9.17) is 4.98 Å². The number of rotatable bonds is 8. The number of carbonyl (C=O) groups excluding carboxylic acids is 1. The van der Waals surface area contributed by atoms with Gasteiger partial charge in [-0.1, -0.05) is 43.7 Å². The summed E-state index contributed by atoms with van der Waals surface area (Å²) in [6, 6.07) is 15.4. The standard InChI is InChI=1S/C31H37N3O3S2/c1-4-34(5-2)39(36,37)26-12-8-24(9-13-26)28(35)33-29-32-27(19-38-29)31-17-22-14-23(18-31)16-30(15-22,20-31)25-10-6-21(3)7-11-25/h6-13,19,22-23H,4-5,14-18,20H2,1-3H3,(H,32,33,35). The summed E-state index contributed by atoms with van der Waals surface area (Å²) in [5.41, 5.74) is 4.65. The number of hydrogen-bond acceptors (Lipinski definition) is 5. The van der Waals surface area contributed by atoms with Gasteiger partial charge < -0.3 is 0 Å². The molecule has 4 bridgehead atoms. The summed E-state index contributed by atoms with van der Waals surface area (Å²) in [6.45, 7) is 6.59. The van der Waals surface area contributed by atoms with E-state index in [0.717, 1.165) is 24.0 Å². The van der Waals surface area contributed by atoms with Gasteiger partial charge >= 0.3 is 0 Å². The molecule has 2 atom stereocenters. The fourth-order valence-corrected chi connectivity index (χ4v) is 10.3. The quantitative estimate of drug-likeness (QED) is 0.338. The third-order valence-electron chi connectivity index (χ3n) is 9.45. The first kappa shape index (κ1) is 26.7. The highest BCUT2D eigenvalue weighted by Gasteiger charge is 2.59. The monoisotopic (exact) mass is 563 g/mol. The highest BCUT2D eigenvalue weighted by atomic mass is 32.2. The number of anilines is 1. The lowest BCUT2D eigenvalue weighted by Crippen LogP contribution is -2.56. The number of nitrogens with one attached hydrogen (secondary N) is 1. The van der Waals surface area contributed by atoms with Crippen molar-refractivity contribution in [3.05, 3.63) is 76.3 Å². The largest absolute Gasteiger partial charge is 0.298 e. The molecule has 2 aromatic carbocycles. The molecule has 0 spiro atoms. The number of amides is 1. The van der Waals surface area contributed by atoms with E-state index in [2.05, 4.69) is 41.9 Å². The molecule has 6 nitrogen and oxygen atoms in total. The van der Waals surface area contributed by atoms with Crippen molar-refractivity contribution in [2.45, 2.75) is 75.0 Å². The van der Waals surface area contributed by atoms with E-state index in [1.54, 1.807) is 12.1 Å². The van der Waals surface area contributed by atoms with Crippen molar-refractivity contribution >= 4 is 32.4 Å². The molecule has 2 unspecified atom stereocenters. The lowest BCUT2D eigenvalue weighted by atomic mass is 9.42. The summed E-state index contributed by atoms with van der Waals surface area (Å²) in [4.78, 5) is 18.2. The molecule has 4 aliphatic rings. The van der Waals surface area contributed by atoms with E-state index >= 15 is 0 Å². The third kappa shape index (κ3) is 4.64. The van der Waals surface area contributed by atoms with Gasteiger partial charge in [-0.25, -0.2) is 13.4 Å². The number of aromatic nitrogens is 1. The molecule has 4 saturated carbocycles. The summed E-state index contributed by atoms with van der Waals surface area (Å²) in [5.74, 6) is 1.20. The number of nitrogens with zero attached hydrogens (tertiary/aromatic N) is 2. The molecule has 7 rings (SSSR count). The second kappa shape index (κ2) is 9.82. The Morgan fingerprint density at radius 1 is 0.974 bits per heavy atom. The van der Waals surface area contributed by atoms with Crippen LogP contribution in [0, 0.1) is 18.8 Å². The average molecular weight is 564 g/mol. The Morgan fingerprint density at radius 2 is 1.59 bits per heavy atom. The van der Waals surface area contributed by atoms with Gasteiger partial charge in [-0.3, -0.25) is 10.1 Å². The first-order valence-electron chi connectivity index (χ1n) is 14.1. The maximum absolute atomic E-state index is 13.0. The normalized spacial score (nSPS) is 27.7. The number of sulfonamides is 1. The van der Waals surface area contributed by atoms with Gasteiger partial charge in [0.1, 0.15) is 0 Å². The fraction of sp³-hybridized carbons (Fsp3) is 0.484. The Kier molecular flexibility index (Phi) is 6.71. The Hall–Kier alpha value is -2.55. The smallest absolute Gasteiger partial charge is 0.257 e. The zero-order valence-corrected chi connectivity index (χ0v) is 24.6. The van der Waals surface area contributed by atoms with Crippen LogP contribution in [0.2, 0.25) is 0 Å².